The Bertz CT molecular complexity index is 757. The van der Waals surface area contributed by atoms with Gasteiger partial charge in [-0.3, -0.25) is 4.79 Å². The van der Waals surface area contributed by atoms with Gasteiger partial charge in [-0.15, -0.1) is 0 Å². The van der Waals surface area contributed by atoms with Crippen LogP contribution in [0.5, 0.6) is 5.75 Å². The molecule has 1 N–H and O–H groups in total. The van der Waals surface area contributed by atoms with E-state index in [0.717, 1.165) is 44.5 Å². The van der Waals surface area contributed by atoms with E-state index in [0.29, 0.717) is 24.5 Å². The van der Waals surface area contributed by atoms with Crippen LogP contribution < -0.4 is 9.64 Å². The van der Waals surface area contributed by atoms with Crippen LogP contribution >= 0.6 is 0 Å². The lowest BCUT2D eigenvalue weighted by Gasteiger charge is -2.36. The third kappa shape index (κ3) is 8.14. The number of carbonyl (C=O) groups excluding carboxylic acids is 1. The van der Waals surface area contributed by atoms with Crippen molar-refractivity contribution in [3.8, 4) is 5.75 Å². The lowest BCUT2D eigenvalue weighted by molar-refractivity contribution is -0.0167. The number of likely N-dealkylation sites (N-methyl/N-ethyl adjacent to an activating group) is 1. The summed E-state index contributed by atoms with van der Waals surface area (Å²) in [6, 6.07) is 5.48. The maximum atomic E-state index is 13.9. The van der Waals surface area contributed by atoms with E-state index in [1.165, 1.54) is 0 Å². The molecule has 0 saturated carbocycles. The summed E-state index contributed by atoms with van der Waals surface area (Å²) in [5.41, 5.74) is 1.49. The molecule has 0 aliphatic carbocycles. The van der Waals surface area contributed by atoms with Crippen LogP contribution in [0.4, 0.5) is 5.69 Å². The molecule has 0 radical (unpaired) electrons. The minimum atomic E-state index is -0.315. The highest BCUT2D eigenvalue weighted by atomic mass is 16.5. The zero-order valence-electron chi connectivity index (χ0n) is 22.4. The molecule has 1 aliphatic heterocycles. The fraction of sp³-hybridized carbons (Fsp3) is 0.741. The van der Waals surface area contributed by atoms with Crippen molar-refractivity contribution in [3.05, 3.63) is 23.8 Å². The number of carbonyl (C=O) groups is 1. The number of amides is 1. The number of fused-ring (bicyclic) bond motifs is 1. The van der Waals surface area contributed by atoms with Crippen LogP contribution in [-0.2, 0) is 4.74 Å². The van der Waals surface area contributed by atoms with Crippen molar-refractivity contribution in [2.24, 2.45) is 5.92 Å². The molecule has 2 rings (SSSR count). The molecule has 4 atom stereocenters. The molecule has 1 aliphatic rings. The zero-order chi connectivity index (χ0) is 25.3. The molecule has 0 saturated heterocycles. The first kappa shape index (κ1) is 28.4. The minimum Gasteiger partial charge on any atom is -0.490 e. The van der Waals surface area contributed by atoms with E-state index in [-0.39, 0.29) is 36.7 Å². The molecule has 1 amide bonds. The van der Waals surface area contributed by atoms with Gasteiger partial charge in [0, 0.05) is 45.4 Å². The molecule has 0 bridgehead atoms. The van der Waals surface area contributed by atoms with Crippen LogP contribution in [0.15, 0.2) is 18.2 Å². The summed E-state index contributed by atoms with van der Waals surface area (Å²) in [5, 5.41) is 10.0. The van der Waals surface area contributed by atoms with Gasteiger partial charge in [0.2, 0.25) is 0 Å². The van der Waals surface area contributed by atoms with Gasteiger partial charge in [-0.2, -0.15) is 0 Å². The first-order valence-electron chi connectivity index (χ1n) is 12.9. The van der Waals surface area contributed by atoms with Crippen LogP contribution in [0, 0.1) is 5.92 Å². The Balaban J connectivity index is 2.45. The van der Waals surface area contributed by atoms with E-state index in [2.05, 4.69) is 32.7 Å². The van der Waals surface area contributed by atoms with Crippen LogP contribution in [0.2, 0.25) is 0 Å². The molecule has 7 heteroatoms. The third-order valence-corrected chi connectivity index (χ3v) is 6.65. The summed E-state index contributed by atoms with van der Waals surface area (Å²) in [6.45, 7) is 11.2. The highest BCUT2D eigenvalue weighted by Gasteiger charge is 2.30. The Kier molecular flexibility index (Phi) is 11.6. The normalized spacial score (nSPS) is 23.7. The van der Waals surface area contributed by atoms with E-state index in [1.54, 1.807) is 4.90 Å². The predicted molar refractivity (Wildman–Crippen MR) is 139 cm³/mol. The van der Waals surface area contributed by atoms with E-state index in [9.17, 15) is 9.90 Å². The number of aliphatic hydroxyl groups excluding tert-OH is 1. The highest BCUT2D eigenvalue weighted by Crippen LogP contribution is 2.29. The van der Waals surface area contributed by atoms with E-state index in [1.807, 2.05) is 44.1 Å². The maximum absolute atomic E-state index is 13.9. The van der Waals surface area contributed by atoms with Gasteiger partial charge in [0.1, 0.15) is 5.75 Å². The number of nitrogens with zero attached hydrogens (tertiary/aromatic N) is 3. The third-order valence-electron chi connectivity index (χ3n) is 6.65. The minimum absolute atomic E-state index is 0.00572. The second-order valence-electron chi connectivity index (χ2n) is 10.1. The average molecular weight is 478 g/mol. The smallest absolute Gasteiger partial charge is 0.258 e. The maximum Gasteiger partial charge on any atom is 0.258 e. The van der Waals surface area contributed by atoms with Crippen molar-refractivity contribution in [1.29, 1.82) is 0 Å². The van der Waals surface area contributed by atoms with E-state index in [4.69, 9.17) is 9.47 Å². The molecule has 34 heavy (non-hydrogen) atoms. The number of hydrogen-bond acceptors (Lipinski definition) is 6. The largest absolute Gasteiger partial charge is 0.490 e. The number of hydrogen-bond donors (Lipinski definition) is 1. The number of benzene rings is 1. The van der Waals surface area contributed by atoms with Gasteiger partial charge in [0.25, 0.3) is 5.91 Å². The molecule has 194 valence electrons. The Morgan fingerprint density at radius 2 is 1.94 bits per heavy atom. The summed E-state index contributed by atoms with van der Waals surface area (Å²) in [5.74, 6) is 0.607. The van der Waals surface area contributed by atoms with Crippen molar-refractivity contribution >= 4 is 11.6 Å². The van der Waals surface area contributed by atoms with Gasteiger partial charge in [0.05, 0.1) is 30.4 Å². The monoisotopic (exact) mass is 477 g/mol. The Hall–Kier alpha value is -1.83. The van der Waals surface area contributed by atoms with Crippen LogP contribution in [0.3, 0.4) is 0 Å². The van der Waals surface area contributed by atoms with Crippen LogP contribution in [0.25, 0.3) is 0 Å². The number of ether oxygens (including phenoxy) is 2. The molecule has 0 aromatic heterocycles. The molecule has 0 fully saturated rings. The van der Waals surface area contributed by atoms with Gasteiger partial charge in [-0.05, 0) is 71.3 Å². The SMILES string of the molecule is CCCN(C)C[C@@H]1OCCCC[C@H](C)Oc2ccc(N(C)C)cc2C(=O)N([C@H](C)CO)C[C@@H]1C. The quantitative estimate of drug-likeness (QED) is 0.643. The topological polar surface area (TPSA) is 65.5 Å². The standard InChI is InChI=1S/C27H47N3O4/c1-8-14-29(7)18-26-20(2)17-30(21(3)19-31)27(32)24-16-23(28(5)6)12-13-25(24)34-22(4)11-9-10-15-33-26/h12-13,16,20-22,26,31H,8-11,14-15,17-19H2,1-7H3/t20-,21+,22-,26-/m0/s1. The molecular weight excluding hydrogens is 430 g/mol. The van der Waals surface area contributed by atoms with Crippen molar-refractivity contribution < 1.29 is 19.4 Å². The lowest BCUT2D eigenvalue weighted by Crippen LogP contribution is -2.47. The van der Waals surface area contributed by atoms with Crippen molar-refractivity contribution in [1.82, 2.24) is 9.80 Å². The predicted octanol–water partition coefficient (Wildman–Crippen LogP) is 3.89. The lowest BCUT2D eigenvalue weighted by atomic mass is 10.0. The average Bonchev–Trinajstić information content (AvgIpc) is 2.80. The summed E-state index contributed by atoms with van der Waals surface area (Å²) in [6.07, 6.45) is 4.00. The van der Waals surface area contributed by atoms with Gasteiger partial charge in [-0.25, -0.2) is 0 Å². The fourth-order valence-corrected chi connectivity index (χ4v) is 4.43. The van der Waals surface area contributed by atoms with Crippen molar-refractivity contribution in [2.45, 2.75) is 71.6 Å². The summed E-state index contributed by atoms with van der Waals surface area (Å²) in [7, 11) is 6.05. The second kappa shape index (κ2) is 13.9. The fourth-order valence-electron chi connectivity index (χ4n) is 4.43. The Morgan fingerprint density at radius 3 is 2.59 bits per heavy atom. The molecule has 1 aromatic carbocycles. The molecule has 0 spiro atoms. The first-order chi connectivity index (χ1) is 16.2. The van der Waals surface area contributed by atoms with Crippen LogP contribution in [0.1, 0.15) is 63.7 Å². The van der Waals surface area contributed by atoms with Gasteiger partial charge < -0.3 is 29.3 Å². The summed E-state index contributed by atoms with van der Waals surface area (Å²) < 4.78 is 12.6. The molecule has 1 heterocycles. The number of rotatable bonds is 7. The molecule has 0 unspecified atom stereocenters. The molecular formula is C27H47N3O4. The first-order valence-corrected chi connectivity index (χ1v) is 12.9. The van der Waals surface area contributed by atoms with Crippen molar-refractivity contribution in [2.75, 3.05) is 58.9 Å². The van der Waals surface area contributed by atoms with E-state index < -0.39 is 0 Å². The van der Waals surface area contributed by atoms with Gasteiger partial charge >= 0.3 is 0 Å². The highest BCUT2D eigenvalue weighted by molar-refractivity contribution is 5.98. The Morgan fingerprint density at radius 1 is 1.21 bits per heavy atom. The molecule has 7 nitrogen and oxygen atoms in total. The number of anilines is 1. The van der Waals surface area contributed by atoms with Gasteiger partial charge in [0.15, 0.2) is 0 Å². The van der Waals surface area contributed by atoms with Crippen LogP contribution in [-0.4, -0.2) is 93.1 Å². The van der Waals surface area contributed by atoms with E-state index >= 15 is 0 Å². The van der Waals surface area contributed by atoms with Gasteiger partial charge in [-0.1, -0.05) is 13.8 Å². The van der Waals surface area contributed by atoms with Crippen molar-refractivity contribution in [3.63, 3.8) is 0 Å². The summed E-state index contributed by atoms with van der Waals surface area (Å²) >= 11 is 0. The number of aliphatic hydroxyl groups is 1. The summed E-state index contributed by atoms with van der Waals surface area (Å²) in [4.78, 5) is 20.0. The second-order valence-corrected chi connectivity index (χ2v) is 10.1. The molecule has 1 aromatic rings. The Labute approximate surface area is 207 Å². The zero-order valence-corrected chi connectivity index (χ0v) is 22.4.